The van der Waals surface area contributed by atoms with E-state index in [1.807, 2.05) is 26.0 Å². The zero-order chi connectivity index (χ0) is 9.19. The van der Waals surface area contributed by atoms with Gasteiger partial charge in [0, 0.05) is 21.7 Å². The average Bonchev–Trinajstić information content (AvgIpc) is 2.51. The quantitative estimate of drug-likeness (QED) is 0.771. The van der Waals surface area contributed by atoms with Crippen molar-refractivity contribution in [2.45, 2.75) is 19.3 Å². The van der Waals surface area contributed by atoms with Crippen LogP contribution < -0.4 is 5.73 Å². The summed E-state index contributed by atoms with van der Waals surface area (Å²) in [6.45, 7) is 3.86. The normalized spacial score (nSPS) is 16.0. The van der Waals surface area contributed by atoms with Crippen molar-refractivity contribution in [1.29, 1.82) is 0 Å². The Hall–Kier alpha value is -0.410. The number of aryl methyl sites for hydroxylation is 1. The van der Waals surface area contributed by atoms with Gasteiger partial charge < -0.3 is 5.73 Å². The highest BCUT2D eigenvalue weighted by molar-refractivity contribution is 7.12. The summed E-state index contributed by atoms with van der Waals surface area (Å²) in [5.74, 6) is 0. The summed E-state index contributed by atoms with van der Waals surface area (Å²) >= 11 is 1.62. The van der Waals surface area contributed by atoms with E-state index in [9.17, 15) is 4.39 Å². The average molecular weight is 187 g/mol. The zero-order valence-corrected chi connectivity index (χ0v) is 8.25. The first-order chi connectivity index (χ1) is 5.62. The van der Waals surface area contributed by atoms with Crippen molar-refractivity contribution >= 4 is 11.3 Å². The minimum Gasteiger partial charge on any atom is -0.329 e. The second-order valence-corrected chi connectivity index (χ2v) is 4.60. The van der Waals surface area contributed by atoms with E-state index in [1.165, 1.54) is 4.88 Å². The maximum Gasteiger partial charge on any atom is 0.101 e. The number of alkyl halides is 1. The van der Waals surface area contributed by atoms with Crippen LogP contribution in [0.5, 0.6) is 0 Å². The second-order valence-electron chi connectivity index (χ2n) is 3.31. The SMILES string of the molecule is Cc1ccc(C(C)(CN)CF)s1. The second kappa shape index (κ2) is 3.54. The van der Waals surface area contributed by atoms with Gasteiger partial charge in [0.1, 0.15) is 6.67 Å². The standard InChI is InChI=1S/C9H14FNS/c1-7-3-4-8(12-7)9(2,5-10)6-11/h3-4H,5-6,11H2,1-2H3. The molecule has 0 aromatic carbocycles. The Labute approximate surface area is 76.4 Å². The van der Waals surface area contributed by atoms with Crippen molar-refractivity contribution in [3.05, 3.63) is 21.9 Å². The number of hydrogen-bond donors (Lipinski definition) is 1. The Morgan fingerprint density at radius 1 is 1.58 bits per heavy atom. The zero-order valence-electron chi connectivity index (χ0n) is 7.43. The van der Waals surface area contributed by atoms with Crippen LogP contribution in [0.3, 0.4) is 0 Å². The molecular formula is C9H14FNS. The van der Waals surface area contributed by atoms with Crippen LogP contribution in [-0.4, -0.2) is 13.2 Å². The summed E-state index contributed by atoms with van der Waals surface area (Å²) in [4.78, 5) is 2.25. The molecule has 0 saturated heterocycles. The Balaban J connectivity index is 2.94. The highest BCUT2D eigenvalue weighted by atomic mass is 32.1. The monoisotopic (exact) mass is 187 g/mol. The van der Waals surface area contributed by atoms with Crippen LogP contribution in [0.25, 0.3) is 0 Å². The van der Waals surface area contributed by atoms with Crippen LogP contribution in [0.2, 0.25) is 0 Å². The summed E-state index contributed by atoms with van der Waals surface area (Å²) in [7, 11) is 0. The maximum absolute atomic E-state index is 12.7. The smallest absolute Gasteiger partial charge is 0.101 e. The lowest BCUT2D eigenvalue weighted by atomic mass is 9.91. The Kier molecular flexibility index (Phi) is 2.85. The minimum absolute atomic E-state index is 0.365. The van der Waals surface area contributed by atoms with E-state index in [0.717, 1.165) is 4.88 Å². The molecule has 0 bridgehead atoms. The molecule has 1 atom stereocenters. The van der Waals surface area contributed by atoms with Gasteiger partial charge >= 0.3 is 0 Å². The van der Waals surface area contributed by atoms with Gasteiger partial charge in [-0.2, -0.15) is 0 Å². The summed E-state index contributed by atoms with van der Waals surface area (Å²) in [5, 5.41) is 0. The van der Waals surface area contributed by atoms with Gasteiger partial charge in [-0.3, -0.25) is 4.39 Å². The Morgan fingerprint density at radius 2 is 2.25 bits per heavy atom. The molecule has 0 amide bonds. The highest BCUT2D eigenvalue weighted by Gasteiger charge is 2.26. The first kappa shape index (κ1) is 9.68. The molecular weight excluding hydrogens is 173 g/mol. The third-order valence-corrected chi connectivity index (χ3v) is 3.39. The van der Waals surface area contributed by atoms with Crippen LogP contribution in [0.1, 0.15) is 16.7 Å². The molecule has 1 unspecified atom stereocenters. The van der Waals surface area contributed by atoms with Crippen molar-refractivity contribution in [3.8, 4) is 0 Å². The molecule has 1 aromatic heterocycles. The lowest BCUT2D eigenvalue weighted by molar-refractivity contribution is 0.339. The van der Waals surface area contributed by atoms with Crippen molar-refractivity contribution in [3.63, 3.8) is 0 Å². The number of hydrogen-bond acceptors (Lipinski definition) is 2. The van der Waals surface area contributed by atoms with Crippen LogP contribution in [0.4, 0.5) is 4.39 Å². The van der Waals surface area contributed by atoms with Gasteiger partial charge in [-0.15, -0.1) is 11.3 Å². The van der Waals surface area contributed by atoms with Gasteiger partial charge in [0.2, 0.25) is 0 Å². The minimum atomic E-state index is -0.473. The van der Waals surface area contributed by atoms with Gasteiger partial charge in [0.15, 0.2) is 0 Å². The third-order valence-electron chi connectivity index (χ3n) is 2.08. The molecule has 1 rings (SSSR count). The molecule has 0 fully saturated rings. The van der Waals surface area contributed by atoms with Crippen molar-refractivity contribution in [2.24, 2.45) is 5.73 Å². The molecule has 68 valence electrons. The van der Waals surface area contributed by atoms with Gasteiger partial charge in [0.05, 0.1) is 0 Å². The molecule has 0 aliphatic carbocycles. The fraction of sp³-hybridized carbons (Fsp3) is 0.556. The third kappa shape index (κ3) is 1.67. The molecule has 2 N–H and O–H groups in total. The number of nitrogens with two attached hydrogens (primary N) is 1. The van der Waals surface area contributed by atoms with Gasteiger partial charge in [-0.1, -0.05) is 6.92 Å². The topological polar surface area (TPSA) is 26.0 Å². The van der Waals surface area contributed by atoms with Gasteiger partial charge in [-0.25, -0.2) is 0 Å². The summed E-state index contributed by atoms with van der Waals surface area (Å²) < 4.78 is 12.7. The lowest BCUT2D eigenvalue weighted by Crippen LogP contribution is -2.33. The highest BCUT2D eigenvalue weighted by Crippen LogP contribution is 2.29. The van der Waals surface area contributed by atoms with Crippen LogP contribution in [-0.2, 0) is 5.41 Å². The van der Waals surface area contributed by atoms with Crippen LogP contribution >= 0.6 is 11.3 Å². The molecule has 0 spiro atoms. The Morgan fingerprint density at radius 3 is 2.58 bits per heavy atom. The first-order valence-corrected chi connectivity index (χ1v) is 4.77. The molecule has 0 radical (unpaired) electrons. The fourth-order valence-electron chi connectivity index (χ4n) is 0.980. The van der Waals surface area contributed by atoms with E-state index in [-0.39, 0.29) is 6.67 Å². The molecule has 0 aliphatic rings. The molecule has 3 heteroatoms. The molecule has 1 heterocycles. The molecule has 0 aliphatic heterocycles. The van der Waals surface area contributed by atoms with E-state index in [0.29, 0.717) is 6.54 Å². The molecule has 0 saturated carbocycles. The number of thiophene rings is 1. The number of halogens is 1. The van der Waals surface area contributed by atoms with Gasteiger partial charge in [0.25, 0.3) is 0 Å². The van der Waals surface area contributed by atoms with Gasteiger partial charge in [-0.05, 0) is 19.1 Å². The largest absolute Gasteiger partial charge is 0.329 e. The van der Waals surface area contributed by atoms with E-state index >= 15 is 0 Å². The van der Waals surface area contributed by atoms with E-state index < -0.39 is 5.41 Å². The summed E-state index contributed by atoms with van der Waals surface area (Å²) in [6.07, 6.45) is 0. The van der Waals surface area contributed by atoms with Crippen molar-refractivity contribution in [1.82, 2.24) is 0 Å². The summed E-state index contributed by atoms with van der Waals surface area (Å²) in [6, 6.07) is 3.97. The van der Waals surface area contributed by atoms with Crippen LogP contribution in [0.15, 0.2) is 12.1 Å². The van der Waals surface area contributed by atoms with E-state index in [1.54, 1.807) is 11.3 Å². The first-order valence-electron chi connectivity index (χ1n) is 3.95. The maximum atomic E-state index is 12.7. The van der Waals surface area contributed by atoms with Crippen molar-refractivity contribution < 1.29 is 4.39 Å². The predicted octanol–water partition coefficient (Wildman–Crippen LogP) is 2.24. The predicted molar refractivity (Wildman–Crippen MR) is 51.4 cm³/mol. The number of rotatable bonds is 3. The molecule has 12 heavy (non-hydrogen) atoms. The summed E-state index contributed by atoms with van der Waals surface area (Å²) in [5.41, 5.74) is 5.05. The van der Waals surface area contributed by atoms with Crippen LogP contribution in [0, 0.1) is 6.92 Å². The Bertz CT molecular complexity index is 253. The fourth-order valence-corrected chi connectivity index (χ4v) is 1.98. The van der Waals surface area contributed by atoms with E-state index in [2.05, 4.69) is 0 Å². The lowest BCUT2D eigenvalue weighted by Gasteiger charge is -2.22. The molecule has 1 nitrogen and oxygen atoms in total. The molecule has 1 aromatic rings. The van der Waals surface area contributed by atoms with E-state index in [4.69, 9.17) is 5.73 Å². The van der Waals surface area contributed by atoms with Crippen molar-refractivity contribution in [2.75, 3.05) is 13.2 Å².